The number of pyridine rings is 1. The molecule has 0 radical (unpaired) electrons. The standard InChI is InChI=1S/C21H20F2N2O4/c1-12(11-26)25-20(27)15-7-14-8-17(28-2)9-18(19(14)24-10-15)13-3-5-16(6-4-13)29-21(22)23/h3-10,12,21,26H,11H2,1-2H3,(H,25,27)/t12-/m1/s1. The normalized spacial score (nSPS) is 12.1. The number of benzene rings is 2. The van der Waals surface area contributed by atoms with Gasteiger partial charge in [0, 0.05) is 23.2 Å². The Balaban J connectivity index is 2.02. The molecule has 0 aliphatic rings. The monoisotopic (exact) mass is 402 g/mol. The predicted molar refractivity (Wildman–Crippen MR) is 104 cm³/mol. The zero-order chi connectivity index (χ0) is 21.0. The number of rotatable bonds is 7. The van der Waals surface area contributed by atoms with Crippen LogP contribution in [0.1, 0.15) is 17.3 Å². The molecule has 3 rings (SSSR count). The zero-order valence-electron chi connectivity index (χ0n) is 15.9. The molecule has 0 aliphatic carbocycles. The summed E-state index contributed by atoms with van der Waals surface area (Å²) in [5.41, 5.74) is 2.42. The molecule has 0 saturated carbocycles. The number of nitrogens with one attached hydrogen (secondary N) is 1. The van der Waals surface area contributed by atoms with Gasteiger partial charge in [-0.25, -0.2) is 0 Å². The number of fused-ring (bicyclic) bond motifs is 1. The van der Waals surface area contributed by atoms with E-state index in [1.165, 1.54) is 25.4 Å². The number of alkyl halides is 2. The highest BCUT2D eigenvalue weighted by Crippen LogP contribution is 2.33. The molecule has 6 nitrogen and oxygen atoms in total. The molecule has 0 saturated heterocycles. The summed E-state index contributed by atoms with van der Waals surface area (Å²) >= 11 is 0. The van der Waals surface area contributed by atoms with Crippen molar-refractivity contribution in [3.05, 3.63) is 54.2 Å². The van der Waals surface area contributed by atoms with Gasteiger partial charge in [0.05, 0.1) is 24.8 Å². The number of hydrogen-bond donors (Lipinski definition) is 2. The van der Waals surface area contributed by atoms with E-state index in [0.717, 1.165) is 11.1 Å². The van der Waals surface area contributed by atoms with E-state index in [1.54, 1.807) is 37.3 Å². The summed E-state index contributed by atoms with van der Waals surface area (Å²) in [4.78, 5) is 16.8. The minimum Gasteiger partial charge on any atom is -0.497 e. The van der Waals surface area contributed by atoms with Crippen molar-refractivity contribution in [3.8, 4) is 22.6 Å². The van der Waals surface area contributed by atoms with Gasteiger partial charge in [-0.15, -0.1) is 0 Å². The van der Waals surface area contributed by atoms with Crippen molar-refractivity contribution in [1.29, 1.82) is 0 Å². The largest absolute Gasteiger partial charge is 0.497 e. The lowest BCUT2D eigenvalue weighted by molar-refractivity contribution is -0.0498. The van der Waals surface area contributed by atoms with Crippen LogP contribution in [0.15, 0.2) is 48.7 Å². The van der Waals surface area contributed by atoms with Gasteiger partial charge in [0.1, 0.15) is 11.5 Å². The van der Waals surface area contributed by atoms with Crippen molar-refractivity contribution in [2.24, 2.45) is 0 Å². The van der Waals surface area contributed by atoms with Gasteiger partial charge >= 0.3 is 6.61 Å². The Labute approximate surface area is 166 Å². The van der Waals surface area contributed by atoms with E-state index < -0.39 is 6.61 Å². The maximum absolute atomic E-state index is 12.4. The van der Waals surface area contributed by atoms with Crippen LogP contribution in [0.4, 0.5) is 8.78 Å². The molecule has 1 heterocycles. The summed E-state index contributed by atoms with van der Waals surface area (Å²) in [5.74, 6) is 0.267. The van der Waals surface area contributed by atoms with Gasteiger partial charge < -0.3 is 19.9 Å². The first-order chi connectivity index (χ1) is 13.9. The number of ether oxygens (including phenoxy) is 2. The van der Waals surface area contributed by atoms with Crippen LogP contribution in [-0.4, -0.2) is 42.4 Å². The maximum Gasteiger partial charge on any atom is 0.387 e. The highest BCUT2D eigenvalue weighted by atomic mass is 19.3. The van der Waals surface area contributed by atoms with Crippen LogP contribution in [0.5, 0.6) is 11.5 Å². The third kappa shape index (κ3) is 4.78. The van der Waals surface area contributed by atoms with E-state index in [-0.39, 0.29) is 24.3 Å². The second-order valence-electron chi connectivity index (χ2n) is 6.43. The summed E-state index contributed by atoms with van der Waals surface area (Å²) in [5, 5.41) is 12.5. The number of aliphatic hydroxyl groups excluding tert-OH is 1. The van der Waals surface area contributed by atoms with Crippen LogP contribution in [0.3, 0.4) is 0 Å². The quantitative estimate of drug-likeness (QED) is 0.631. The molecule has 29 heavy (non-hydrogen) atoms. The van der Waals surface area contributed by atoms with Crippen LogP contribution in [0, 0.1) is 0 Å². The van der Waals surface area contributed by atoms with Gasteiger partial charge in [-0.05, 0) is 42.8 Å². The lowest BCUT2D eigenvalue weighted by Crippen LogP contribution is -2.35. The third-order valence-corrected chi connectivity index (χ3v) is 4.30. The molecule has 0 bridgehead atoms. The smallest absolute Gasteiger partial charge is 0.387 e. The van der Waals surface area contributed by atoms with Crippen LogP contribution >= 0.6 is 0 Å². The summed E-state index contributed by atoms with van der Waals surface area (Å²) in [7, 11) is 1.53. The Morgan fingerprint density at radius 3 is 2.52 bits per heavy atom. The summed E-state index contributed by atoms with van der Waals surface area (Å²) in [6.07, 6.45) is 1.45. The molecular weight excluding hydrogens is 382 g/mol. The van der Waals surface area contributed by atoms with Crippen molar-refractivity contribution >= 4 is 16.8 Å². The first kappa shape index (κ1) is 20.5. The second-order valence-corrected chi connectivity index (χ2v) is 6.43. The number of aromatic nitrogens is 1. The minimum absolute atomic E-state index is 0.0564. The third-order valence-electron chi connectivity index (χ3n) is 4.30. The van der Waals surface area contributed by atoms with Gasteiger partial charge in [-0.2, -0.15) is 8.78 Å². The Kier molecular flexibility index (Phi) is 6.23. The minimum atomic E-state index is -2.89. The average Bonchev–Trinajstić information content (AvgIpc) is 2.72. The molecule has 0 spiro atoms. The number of halogens is 2. The van der Waals surface area contributed by atoms with Gasteiger partial charge in [0.15, 0.2) is 0 Å². The summed E-state index contributed by atoms with van der Waals surface area (Å²) < 4.78 is 34.5. The number of nitrogens with zero attached hydrogens (tertiary/aromatic N) is 1. The topological polar surface area (TPSA) is 80.7 Å². The number of hydrogen-bond acceptors (Lipinski definition) is 5. The first-order valence-corrected chi connectivity index (χ1v) is 8.86. The molecule has 0 aliphatic heterocycles. The van der Waals surface area contributed by atoms with Crippen molar-refractivity contribution in [2.45, 2.75) is 19.6 Å². The Hall–Kier alpha value is -3.26. The van der Waals surface area contributed by atoms with Gasteiger partial charge in [0.2, 0.25) is 0 Å². The number of carbonyl (C=O) groups excluding carboxylic acids is 1. The van der Waals surface area contributed by atoms with Gasteiger partial charge in [-0.3, -0.25) is 9.78 Å². The van der Waals surface area contributed by atoms with Crippen LogP contribution in [0.2, 0.25) is 0 Å². The van der Waals surface area contributed by atoms with Gasteiger partial charge in [0.25, 0.3) is 5.91 Å². The van der Waals surface area contributed by atoms with Crippen molar-refractivity contribution in [2.75, 3.05) is 13.7 Å². The number of methoxy groups -OCH3 is 1. The highest BCUT2D eigenvalue weighted by Gasteiger charge is 2.14. The summed E-state index contributed by atoms with van der Waals surface area (Å²) in [6.45, 7) is -1.37. The number of aliphatic hydroxyl groups is 1. The number of amides is 1. The van der Waals surface area contributed by atoms with E-state index >= 15 is 0 Å². The van der Waals surface area contributed by atoms with Crippen molar-refractivity contribution in [1.82, 2.24) is 10.3 Å². The van der Waals surface area contributed by atoms with Crippen LogP contribution in [-0.2, 0) is 0 Å². The molecule has 1 aromatic heterocycles. The molecule has 8 heteroatoms. The fourth-order valence-corrected chi connectivity index (χ4v) is 2.85. The fourth-order valence-electron chi connectivity index (χ4n) is 2.85. The van der Waals surface area contributed by atoms with E-state index in [0.29, 0.717) is 22.2 Å². The van der Waals surface area contributed by atoms with E-state index in [4.69, 9.17) is 9.84 Å². The molecule has 3 aromatic rings. The van der Waals surface area contributed by atoms with E-state index in [2.05, 4.69) is 15.0 Å². The Morgan fingerprint density at radius 2 is 1.90 bits per heavy atom. The Morgan fingerprint density at radius 1 is 1.17 bits per heavy atom. The summed E-state index contributed by atoms with van der Waals surface area (Å²) in [6, 6.07) is 11.0. The molecular formula is C21H20F2N2O4. The predicted octanol–water partition coefficient (Wildman–Crippen LogP) is 3.62. The first-order valence-electron chi connectivity index (χ1n) is 8.86. The maximum atomic E-state index is 12.4. The zero-order valence-corrected chi connectivity index (χ0v) is 15.9. The molecule has 0 unspecified atom stereocenters. The molecule has 2 N–H and O–H groups in total. The molecule has 152 valence electrons. The fraction of sp³-hybridized carbons (Fsp3) is 0.238. The second kappa shape index (κ2) is 8.83. The van der Waals surface area contributed by atoms with Crippen molar-refractivity contribution in [3.63, 3.8) is 0 Å². The number of carbonyl (C=O) groups is 1. The molecule has 2 aromatic carbocycles. The molecule has 1 amide bonds. The van der Waals surface area contributed by atoms with Crippen LogP contribution < -0.4 is 14.8 Å². The SMILES string of the molecule is COc1cc(-c2ccc(OC(F)F)cc2)c2ncc(C(=O)N[C@H](C)CO)cc2c1. The van der Waals surface area contributed by atoms with Crippen molar-refractivity contribution < 1.29 is 28.2 Å². The Bertz CT molecular complexity index is 1010. The van der Waals surface area contributed by atoms with E-state index in [9.17, 15) is 13.6 Å². The van der Waals surface area contributed by atoms with Crippen LogP contribution in [0.25, 0.3) is 22.0 Å². The molecule has 0 fully saturated rings. The lowest BCUT2D eigenvalue weighted by Gasteiger charge is -2.13. The highest BCUT2D eigenvalue weighted by molar-refractivity contribution is 6.01. The molecule has 1 atom stereocenters. The van der Waals surface area contributed by atoms with E-state index in [1.807, 2.05) is 0 Å². The lowest BCUT2D eigenvalue weighted by atomic mass is 10.0. The average molecular weight is 402 g/mol. The van der Waals surface area contributed by atoms with Gasteiger partial charge in [-0.1, -0.05) is 12.1 Å².